The highest BCUT2D eigenvalue weighted by atomic mass is 19.1. The van der Waals surface area contributed by atoms with Gasteiger partial charge in [0.15, 0.2) is 0 Å². The predicted octanol–water partition coefficient (Wildman–Crippen LogP) is 1.75. The zero-order valence-electron chi connectivity index (χ0n) is 14.7. The number of allylic oxidation sites excluding steroid dienone is 1. The van der Waals surface area contributed by atoms with Gasteiger partial charge < -0.3 is 21.6 Å². The second-order valence-electron chi connectivity index (χ2n) is 5.67. The molecule has 1 amide bonds. The van der Waals surface area contributed by atoms with E-state index in [0.717, 1.165) is 18.3 Å². The highest BCUT2D eigenvalue weighted by Gasteiger charge is 2.18. The van der Waals surface area contributed by atoms with E-state index in [1.165, 1.54) is 29.1 Å². The zero-order valence-corrected chi connectivity index (χ0v) is 14.7. The van der Waals surface area contributed by atoms with Crippen molar-refractivity contribution in [2.24, 2.45) is 5.73 Å². The van der Waals surface area contributed by atoms with Gasteiger partial charge >= 0.3 is 5.97 Å². The number of carboxylic acids is 1. The Kier molecular flexibility index (Phi) is 5.05. The van der Waals surface area contributed by atoms with Crippen molar-refractivity contribution in [1.82, 2.24) is 14.4 Å². The number of hydrogen-bond donors (Lipinski definition) is 4. The van der Waals surface area contributed by atoms with Crippen LogP contribution in [-0.2, 0) is 0 Å². The summed E-state index contributed by atoms with van der Waals surface area (Å²) in [6.45, 7) is 0. The first-order chi connectivity index (χ1) is 13.9. The van der Waals surface area contributed by atoms with Gasteiger partial charge in [0, 0.05) is 24.2 Å². The lowest BCUT2D eigenvalue weighted by atomic mass is 10.1. The number of aromatic nitrogens is 3. The third-order valence-electron chi connectivity index (χ3n) is 3.98. The largest absolute Gasteiger partial charge is 0.478 e. The number of amides is 1. The molecule has 9 nitrogen and oxygen atoms in total. The number of nitrogens with zero attached hydrogens (tertiary/aromatic N) is 3. The Morgan fingerprint density at radius 3 is 2.79 bits per heavy atom. The molecule has 0 aliphatic carbocycles. The van der Waals surface area contributed by atoms with Gasteiger partial charge in [-0.15, -0.1) is 6.42 Å². The molecule has 0 saturated carbocycles. The number of benzene rings is 1. The van der Waals surface area contributed by atoms with Crippen LogP contribution >= 0.6 is 0 Å². The van der Waals surface area contributed by atoms with Crippen LogP contribution in [0.5, 0.6) is 0 Å². The Labute approximate surface area is 163 Å². The van der Waals surface area contributed by atoms with E-state index in [9.17, 15) is 19.1 Å². The molecule has 2 aromatic heterocycles. The minimum Gasteiger partial charge on any atom is -0.478 e. The molecule has 10 heteroatoms. The fourth-order valence-corrected chi connectivity index (χ4v) is 2.57. The normalized spacial score (nSPS) is 11.1. The number of carbonyl (C=O) groups is 2. The number of rotatable bonds is 5. The predicted molar refractivity (Wildman–Crippen MR) is 103 cm³/mol. The van der Waals surface area contributed by atoms with Crippen molar-refractivity contribution in [3.63, 3.8) is 0 Å². The molecule has 144 valence electrons. The lowest BCUT2D eigenvalue weighted by Gasteiger charge is -2.10. The fourth-order valence-electron chi connectivity index (χ4n) is 2.57. The smallest absolute Gasteiger partial charge is 0.337 e. The summed E-state index contributed by atoms with van der Waals surface area (Å²) in [6.07, 6.45) is 10.4. The average molecular weight is 392 g/mol. The molecule has 0 unspecified atom stereocenters. The topological polar surface area (TPSA) is 146 Å². The standard InChI is InChI=1S/C19H13FN6O3/c1-2-10-5-15(12(18(28)29)6-13(10)20)24-17(27)14-3-4-26-16(11(7-21)8-22)9-23-19(26)25-14/h1,3-9,21H,22H2,(H,24,27)(H,28,29)/b11-8+,21-7?. The van der Waals surface area contributed by atoms with Gasteiger partial charge in [0.1, 0.15) is 11.5 Å². The monoisotopic (exact) mass is 392 g/mol. The molecule has 3 aromatic rings. The SMILES string of the molecule is C#Cc1cc(NC(=O)c2ccn3c(/C(C=N)=C/N)cnc3n2)c(C(=O)O)cc1F. The van der Waals surface area contributed by atoms with Crippen molar-refractivity contribution in [2.75, 3.05) is 5.32 Å². The lowest BCUT2D eigenvalue weighted by Crippen LogP contribution is -2.17. The maximum Gasteiger partial charge on any atom is 0.337 e. The summed E-state index contributed by atoms with van der Waals surface area (Å²) in [5, 5.41) is 19.0. The van der Waals surface area contributed by atoms with Gasteiger partial charge in [-0.25, -0.2) is 19.2 Å². The highest BCUT2D eigenvalue weighted by molar-refractivity contribution is 6.08. The molecule has 2 heterocycles. The van der Waals surface area contributed by atoms with E-state index in [4.69, 9.17) is 17.6 Å². The average Bonchev–Trinajstić information content (AvgIpc) is 3.13. The maximum atomic E-state index is 13.8. The molecule has 5 N–H and O–H groups in total. The van der Waals surface area contributed by atoms with Gasteiger partial charge in [-0.2, -0.15) is 0 Å². The first-order valence-corrected chi connectivity index (χ1v) is 8.01. The van der Waals surface area contributed by atoms with E-state index in [0.29, 0.717) is 11.3 Å². The molecule has 0 fully saturated rings. The summed E-state index contributed by atoms with van der Waals surface area (Å²) in [5.74, 6) is -0.816. The minimum absolute atomic E-state index is 0.0642. The van der Waals surface area contributed by atoms with E-state index >= 15 is 0 Å². The second-order valence-corrected chi connectivity index (χ2v) is 5.67. The van der Waals surface area contributed by atoms with Gasteiger partial charge in [0.05, 0.1) is 28.7 Å². The number of fused-ring (bicyclic) bond motifs is 1. The molecule has 0 aliphatic rings. The van der Waals surface area contributed by atoms with Crippen molar-refractivity contribution in [3.05, 3.63) is 65.1 Å². The fraction of sp³-hybridized carbons (Fsp3) is 0. The van der Waals surface area contributed by atoms with Gasteiger partial charge in [0.25, 0.3) is 5.91 Å². The van der Waals surface area contributed by atoms with Crippen LogP contribution in [0.15, 0.2) is 36.8 Å². The molecule has 1 aromatic carbocycles. The van der Waals surface area contributed by atoms with Crippen molar-refractivity contribution in [2.45, 2.75) is 0 Å². The third-order valence-corrected chi connectivity index (χ3v) is 3.98. The van der Waals surface area contributed by atoms with Crippen molar-refractivity contribution in [3.8, 4) is 12.3 Å². The molecular weight excluding hydrogens is 379 g/mol. The summed E-state index contributed by atoms with van der Waals surface area (Å²) < 4.78 is 15.3. The molecule has 0 aliphatic heterocycles. The van der Waals surface area contributed by atoms with Crippen LogP contribution in [-0.4, -0.2) is 37.6 Å². The number of terminal acetylenes is 1. The van der Waals surface area contributed by atoms with E-state index in [1.807, 2.05) is 0 Å². The summed E-state index contributed by atoms with van der Waals surface area (Å²) in [6, 6.07) is 3.17. The van der Waals surface area contributed by atoms with E-state index in [2.05, 4.69) is 21.2 Å². The zero-order chi connectivity index (χ0) is 21.1. The summed E-state index contributed by atoms with van der Waals surface area (Å²) in [7, 11) is 0. The molecule has 29 heavy (non-hydrogen) atoms. The summed E-state index contributed by atoms with van der Waals surface area (Å²) in [5.41, 5.74) is 5.49. The van der Waals surface area contributed by atoms with Crippen LogP contribution in [0.1, 0.15) is 32.1 Å². The molecule has 3 rings (SSSR count). The third kappa shape index (κ3) is 3.52. The molecule has 0 bridgehead atoms. The van der Waals surface area contributed by atoms with E-state index in [1.54, 1.807) is 0 Å². The van der Waals surface area contributed by atoms with Crippen molar-refractivity contribution in [1.29, 1.82) is 5.41 Å². The quantitative estimate of drug-likeness (QED) is 0.384. The van der Waals surface area contributed by atoms with E-state index in [-0.39, 0.29) is 22.7 Å². The van der Waals surface area contributed by atoms with Gasteiger partial charge in [-0.1, -0.05) is 5.92 Å². The number of imidazole rings is 1. The molecule has 0 saturated heterocycles. The Morgan fingerprint density at radius 1 is 1.41 bits per heavy atom. The highest BCUT2D eigenvalue weighted by Crippen LogP contribution is 2.22. The van der Waals surface area contributed by atoms with Crippen molar-refractivity contribution >= 4 is 35.1 Å². The van der Waals surface area contributed by atoms with Gasteiger partial charge in [0.2, 0.25) is 5.78 Å². The first kappa shape index (κ1) is 19.2. The van der Waals surface area contributed by atoms with Gasteiger partial charge in [-0.05, 0) is 18.2 Å². The molecule has 0 radical (unpaired) electrons. The Bertz CT molecular complexity index is 1240. The number of halogens is 1. The number of carbonyl (C=O) groups excluding carboxylic acids is 1. The number of aromatic carboxylic acids is 1. The number of hydrogen-bond acceptors (Lipinski definition) is 6. The molecular formula is C19H13FN6O3. The second kappa shape index (κ2) is 7.61. The molecule has 0 atom stereocenters. The van der Waals surface area contributed by atoms with Crippen LogP contribution in [0.3, 0.4) is 0 Å². The Hall–Kier alpha value is -4.52. The van der Waals surface area contributed by atoms with Crippen LogP contribution in [0.25, 0.3) is 11.4 Å². The lowest BCUT2D eigenvalue weighted by molar-refractivity contribution is 0.0697. The molecule has 0 spiro atoms. The first-order valence-electron chi connectivity index (χ1n) is 8.01. The summed E-state index contributed by atoms with van der Waals surface area (Å²) >= 11 is 0. The Morgan fingerprint density at radius 2 is 2.17 bits per heavy atom. The number of nitrogens with two attached hydrogens (primary N) is 1. The number of nitrogens with one attached hydrogen (secondary N) is 2. The Balaban J connectivity index is 1.98. The van der Waals surface area contributed by atoms with Gasteiger partial charge in [-0.3, -0.25) is 9.20 Å². The number of anilines is 1. The van der Waals surface area contributed by atoms with Crippen LogP contribution < -0.4 is 11.1 Å². The van der Waals surface area contributed by atoms with Crippen LogP contribution in [0.4, 0.5) is 10.1 Å². The minimum atomic E-state index is -1.43. The van der Waals surface area contributed by atoms with Crippen LogP contribution in [0.2, 0.25) is 0 Å². The summed E-state index contributed by atoms with van der Waals surface area (Å²) in [4.78, 5) is 32.1. The maximum absolute atomic E-state index is 13.8. The number of carboxylic acid groups (broad SMARTS) is 1. The van der Waals surface area contributed by atoms with Crippen LogP contribution in [0, 0.1) is 23.6 Å². The van der Waals surface area contributed by atoms with E-state index < -0.39 is 23.3 Å². The van der Waals surface area contributed by atoms with Crippen molar-refractivity contribution < 1.29 is 19.1 Å².